The zero-order chi connectivity index (χ0) is 14.6. The van der Waals surface area contributed by atoms with Gasteiger partial charge in [-0.2, -0.15) is 13.2 Å². The first-order valence-electron chi connectivity index (χ1n) is 4.80. The van der Waals surface area contributed by atoms with Crippen molar-refractivity contribution in [2.75, 3.05) is 11.0 Å². The van der Waals surface area contributed by atoms with Crippen molar-refractivity contribution in [2.45, 2.75) is 31.7 Å². The van der Waals surface area contributed by atoms with Crippen LogP contribution < -0.4 is 5.32 Å². The van der Waals surface area contributed by atoms with Crippen LogP contribution in [0.5, 0.6) is 0 Å². The minimum atomic E-state index is -4.60. The summed E-state index contributed by atoms with van der Waals surface area (Å²) < 4.78 is 42.0. The van der Waals surface area contributed by atoms with E-state index in [4.69, 9.17) is 5.11 Å². The number of rotatable bonds is 6. The molecule has 0 saturated carbocycles. The molecule has 106 valence electrons. The Hall–Kier alpha value is -0.580. The molecule has 0 bridgehead atoms. The van der Waals surface area contributed by atoms with Gasteiger partial charge in [0.25, 0.3) is 0 Å². The predicted molar refractivity (Wildman–Crippen MR) is 64.9 cm³/mol. The van der Waals surface area contributed by atoms with Gasteiger partial charge in [-0.15, -0.1) is 0 Å². The average Bonchev–Trinajstić information content (AvgIpc) is 2.21. The Labute approximate surface area is 115 Å². The molecule has 0 rings (SSSR count). The number of carbonyl (C=O) groups excluding carboxylic acids is 1. The van der Waals surface area contributed by atoms with Gasteiger partial charge in [-0.25, -0.2) is 4.79 Å². The summed E-state index contributed by atoms with van der Waals surface area (Å²) in [6.07, 6.45) is -6.10. The molecule has 0 aliphatic carbocycles. The summed E-state index contributed by atoms with van der Waals surface area (Å²) >= 11 is 1.69. The second-order valence-electron chi connectivity index (χ2n) is 3.92. The van der Waals surface area contributed by atoms with Gasteiger partial charge in [-0.05, 0) is 13.8 Å². The minimum absolute atomic E-state index is 0.0293. The van der Waals surface area contributed by atoms with Crippen LogP contribution in [-0.4, -0.2) is 45.8 Å². The normalized spacial score (nSPS) is 14.1. The van der Waals surface area contributed by atoms with E-state index in [0.29, 0.717) is 0 Å². The van der Waals surface area contributed by atoms with Crippen LogP contribution in [0.2, 0.25) is 0 Å². The minimum Gasteiger partial charge on any atom is -0.465 e. The van der Waals surface area contributed by atoms with Gasteiger partial charge in [0.1, 0.15) is 6.04 Å². The van der Waals surface area contributed by atoms with Crippen molar-refractivity contribution in [3.05, 3.63) is 0 Å². The van der Waals surface area contributed by atoms with Crippen molar-refractivity contribution in [2.24, 2.45) is 0 Å². The largest absolute Gasteiger partial charge is 0.465 e. The number of amides is 1. The topological polar surface area (TPSA) is 75.6 Å². The monoisotopic (exact) mass is 383 g/mol. The van der Waals surface area contributed by atoms with Crippen molar-refractivity contribution in [3.63, 3.8) is 0 Å². The number of carboxylic acid groups (broad SMARTS) is 1. The molecule has 0 heterocycles. The molecule has 0 spiro atoms. The number of alkyl halides is 4. The maximum atomic E-state index is 12.5. The molecule has 0 radical (unpaired) electrons. The number of ketones is 1. The van der Waals surface area contributed by atoms with E-state index in [9.17, 15) is 22.8 Å². The van der Waals surface area contributed by atoms with Crippen molar-refractivity contribution < 1.29 is 32.6 Å². The second kappa shape index (κ2) is 6.55. The first-order chi connectivity index (χ1) is 8.01. The van der Waals surface area contributed by atoms with Crippen LogP contribution >= 0.6 is 22.6 Å². The Morgan fingerprint density at radius 3 is 2.22 bits per heavy atom. The lowest BCUT2D eigenvalue weighted by Gasteiger charge is -2.29. The number of hydrogen-bond donors (Lipinski definition) is 2. The number of carbonyl (C=O) groups is 2. The average molecular weight is 383 g/mol. The Kier molecular flexibility index (Phi) is 6.34. The molecule has 0 aromatic carbocycles. The highest BCUT2D eigenvalue weighted by atomic mass is 127. The Morgan fingerprint density at radius 2 is 1.89 bits per heavy atom. The molecule has 0 aliphatic heterocycles. The third-order valence-corrected chi connectivity index (χ3v) is 2.86. The number of nitrogens with one attached hydrogen (secondary N) is 1. The van der Waals surface area contributed by atoms with Gasteiger partial charge in [0.15, 0.2) is 11.4 Å². The maximum Gasteiger partial charge on any atom is 0.416 e. The van der Waals surface area contributed by atoms with Crippen LogP contribution in [0.25, 0.3) is 0 Å². The summed E-state index contributed by atoms with van der Waals surface area (Å²) in [5.74, 6) is -0.545. The Balaban J connectivity index is 4.62. The van der Waals surface area contributed by atoms with Crippen LogP contribution in [0, 0.1) is 0 Å². The standard InChI is InChI=1S/C9H13F3INO4/c1-8(2,9(10,11)12)18-4-5(6(15)3-13)14-7(16)17/h5,14H,3-4H2,1-2H3,(H,16,17)/t5-/m0/s1. The highest BCUT2D eigenvalue weighted by Crippen LogP contribution is 2.32. The van der Waals surface area contributed by atoms with Gasteiger partial charge in [0.2, 0.25) is 0 Å². The quantitative estimate of drug-likeness (QED) is 0.544. The van der Waals surface area contributed by atoms with Gasteiger partial charge in [-0.3, -0.25) is 4.79 Å². The SMILES string of the molecule is CC(C)(OC[C@H](NC(=O)O)C(=O)CI)C(F)(F)F. The molecular formula is C9H13F3INO4. The van der Waals surface area contributed by atoms with Crippen molar-refractivity contribution in [1.82, 2.24) is 5.32 Å². The van der Waals surface area contributed by atoms with E-state index in [0.717, 1.165) is 13.8 Å². The van der Waals surface area contributed by atoms with Crippen LogP contribution in [0.1, 0.15) is 13.8 Å². The van der Waals surface area contributed by atoms with Crippen LogP contribution in [0.4, 0.5) is 18.0 Å². The van der Waals surface area contributed by atoms with Crippen LogP contribution in [0.15, 0.2) is 0 Å². The molecule has 1 atom stereocenters. The highest BCUT2D eigenvalue weighted by Gasteiger charge is 2.49. The fourth-order valence-electron chi connectivity index (χ4n) is 0.831. The van der Waals surface area contributed by atoms with Crippen LogP contribution in [-0.2, 0) is 9.53 Å². The summed E-state index contributed by atoms with van der Waals surface area (Å²) in [5, 5.41) is 10.3. The highest BCUT2D eigenvalue weighted by molar-refractivity contribution is 14.1. The molecule has 0 saturated heterocycles. The first-order valence-corrected chi connectivity index (χ1v) is 6.32. The van der Waals surface area contributed by atoms with E-state index in [1.807, 2.05) is 5.32 Å². The van der Waals surface area contributed by atoms with Crippen LogP contribution in [0.3, 0.4) is 0 Å². The first kappa shape index (κ1) is 17.4. The lowest BCUT2D eigenvalue weighted by molar-refractivity contribution is -0.264. The molecule has 18 heavy (non-hydrogen) atoms. The molecule has 5 nitrogen and oxygen atoms in total. The molecule has 0 aromatic rings. The fourth-order valence-corrected chi connectivity index (χ4v) is 1.36. The zero-order valence-electron chi connectivity index (χ0n) is 9.68. The third kappa shape index (κ3) is 5.38. The van der Waals surface area contributed by atoms with E-state index >= 15 is 0 Å². The summed E-state index contributed by atoms with van der Waals surface area (Å²) in [6.45, 7) is 0.944. The van der Waals surface area contributed by atoms with Gasteiger partial charge < -0.3 is 15.2 Å². The van der Waals surface area contributed by atoms with E-state index in [2.05, 4.69) is 4.74 Å². The molecule has 0 aliphatic rings. The van der Waals surface area contributed by atoms with Gasteiger partial charge in [0, 0.05) is 0 Å². The molecule has 0 aromatic heterocycles. The maximum absolute atomic E-state index is 12.5. The molecule has 1 amide bonds. The Bertz CT molecular complexity index is 319. The van der Waals surface area contributed by atoms with Crippen molar-refractivity contribution >= 4 is 34.5 Å². The van der Waals surface area contributed by atoms with E-state index in [-0.39, 0.29) is 4.43 Å². The van der Waals surface area contributed by atoms with Crippen molar-refractivity contribution in [1.29, 1.82) is 0 Å². The number of Topliss-reactive ketones (excluding diaryl/α,β-unsaturated/α-hetero) is 1. The van der Waals surface area contributed by atoms with E-state index in [1.165, 1.54) is 0 Å². The van der Waals surface area contributed by atoms with Gasteiger partial charge >= 0.3 is 12.3 Å². The number of ether oxygens (including phenoxy) is 1. The predicted octanol–water partition coefficient (Wildman–Crippen LogP) is 1.98. The summed E-state index contributed by atoms with van der Waals surface area (Å²) in [7, 11) is 0. The van der Waals surface area contributed by atoms with Crippen molar-refractivity contribution in [3.8, 4) is 0 Å². The molecule has 2 N–H and O–H groups in total. The lowest BCUT2D eigenvalue weighted by Crippen LogP contribution is -2.49. The number of hydrogen-bond acceptors (Lipinski definition) is 3. The fraction of sp³-hybridized carbons (Fsp3) is 0.778. The third-order valence-electron chi connectivity index (χ3n) is 2.11. The summed E-state index contributed by atoms with van der Waals surface area (Å²) in [6, 6.07) is -1.30. The second-order valence-corrected chi connectivity index (χ2v) is 4.68. The summed E-state index contributed by atoms with van der Waals surface area (Å²) in [4.78, 5) is 21.7. The van der Waals surface area contributed by atoms with Gasteiger partial charge in [-0.1, -0.05) is 22.6 Å². The summed E-state index contributed by atoms with van der Waals surface area (Å²) in [5.41, 5.74) is -2.45. The molecule has 9 heteroatoms. The molecule has 0 fully saturated rings. The van der Waals surface area contributed by atoms with E-state index in [1.54, 1.807) is 22.6 Å². The molecule has 0 unspecified atom stereocenters. The zero-order valence-corrected chi connectivity index (χ0v) is 11.8. The lowest BCUT2D eigenvalue weighted by atomic mass is 10.1. The smallest absolute Gasteiger partial charge is 0.416 e. The van der Waals surface area contributed by atoms with E-state index < -0.39 is 36.3 Å². The molecular weight excluding hydrogens is 370 g/mol. The van der Waals surface area contributed by atoms with Gasteiger partial charge in [0.05, 0.1) is 11.0 Å². The Morgan fingerprint density at radius 1 is 1.39 bits per heavy atom. The number of halogens is 4.